The summed E-state index contributed by atoms with van der Waals surface area (Å²) in [5.74, 6) is -0.0273. The van der Waals surface area contributed by atoms with Gasteiger partial charge in [0.25, 0.3) is 5.91 Å². The Kier molecular flexibility index (Phi) is 9.76. The van der Waals surface area contributed by atoms with Crippen LogP contribution in [0.1, 0.15) is 75.6 Å². The van der Waals surface area contributed by atoms with Crippen LogP contribution in [-0.2, 0) is 4.79 Å². The fourth-order valence-electron chi connectivity index (χ4n) is 2.30. The third-order valence-electron chi connectivity index (χ3n) is 3.75. The topological polar surface area (TPSA) is 58.2 Å². The second kappa shape index (κ2) is 11.7. The largest absolute Gasteiger partial charge is 0.352 e. The normalized spacial score (nSPS) is 10.3. The standard InChI is InChI=1S/C19H30N2O2/c1-3-5-7-8-9-15-20-19(23)16-11-13-17(14-12-16)21-18(22)10-6-4-2/h11-14H,3-10,15H2,1-2H3,(H,20,23)(H,21,22). The molecule has 0 saturated heterocycles. The number of nitrogens with one attached hydrogen (secondary N) is 2. The molecule has 0 unspecified atom stereocenters. The van der Waals surface area contributed by atoms with Crippen molar-refractivity contribution in [2.45, 2.75) is 65.2 Å². The van der Waals surface area contributed by atoms with Crippen molar-refractivity contribution >= 4 is 17.5 Å². The van der Waals surface area contributed by atoms with E-state index in [-0.39, 0.29) is 11.8 Å². The molecule has 1 aromatic carbocycles. The molecule has 0 aliphatic carbocycles. The van der Waals surface area contributed by atoms with Crippen LogP contribution in [0, 0.1) is 0 Å². The lowest BCUT2D eigenvalue weighted by molar-refractivity contribution is -0.116. The molecule has 0 spiro atoms. The molecule has 0 radical (unpaired) electrons. The van der Waals surface area contributed by atoms with Crippen LogP contribution in [0.15, 0.2) is 24.3 Å². The van der Waals surface area contributed by atoms with Crippen LogP contribution in [0.5, 0.6) is 0 Å². The molecule has 0 atom stereocenters. The van der Waals surface area contributed by atoms with Crippen molar-refractivity contribution in [3.8, 4) is 0 Å². The Morgan fingerprint density at radius 1 is 0.870 bits per heavy atom. The lowest BCUT2D eigenvalue weighted by atomic mass is 10.1. The lowest BCUT2D eigenvalue weighted by Gasteiger charge is -2.07. The SMILES string of the molecule is CCCCCCCNC(=O)c1ccc(NC(=O)CCCC)cc1. The highest BCUT2D eigenvalue weighted by Crippen LogP contribution is 2.11. The highest BCUT2D eigenvalue weighted by molar-refractivity contribution is 5.95. The summed E-state index contributed by atoms with van der Waals surface area (Å²) in [5, 5.41) is 5.78. The first-order valence-electron chi connectivity index (χ1n) is 8.85. The van der Waals surface area contributed by atoms with Crippen molar-refractivity contribution in [1.29, 1.82) is 0 Å². The molecule has 128 valence electrons. The molecule has 4 heteroatoms. The van der Waals surface area contributed by atoms with E-state index < -0.39 is 0 Å². The number of amides is 2. The third-order valence-corrected chi connectivity index (χ3v) is 3.75. The fraction of sp³-hybridized carbons (Fsp3) is 0.579. The maximum Gasteiger partial charge on any atom is 0.251 e. The second-order valence-corrected chi connectivity index (χ2v) is 5.90. The Labute approximate surface area is 140 Å². The van der Waals surface area contributed by atoms with E-state index in [1.807, 2.05) is 0 Å². The zero-order valence-electron chi connectivity index (χ0n) is 14.5. The number of anilines is 1. The summed E-state index contributed by atoms with van der Waals surface area (Å²) in [6.45, 7) is 4.97. The summed E-state index contributed by atoms with van der Waals surface area (Å²) in [6, 6.07) is 7.06. The van der Waals surface area contributed by atoms with E-state index in [1.165, 1.54) is 19.3 Å². The van der Waals surface area contributed by atoms with Gasteiger partial charge in [-0.25, -0.2) is 0 Å². The first kappa shape index (κ1) is 19.2. The fourth-order valence-corrected chi connectivity index (χ4v) is 2.30. The predicted octanol–water partition coefficient (Wildman–Crippen LogP) is 4.52. The first-order chi connectivity index (χ1) is 11.2. The van der Waals surface area contributed by atoms with Gasteiger partial charge in [0.05, 0.1) is 0 Å². The van der Waals surface area contributed by atoms with Gasteiger partial charge < -0.3 is 10.6 Å². The van der Waals surface area contributed by atoms with Gasteiger partial charge in [0, 0.05) is 24.2 Å². The number of hydrogen-bond donors (Lipinski definition) is 2. The molecule has 0 saturated carbocycles. The molecule has 1 rings (SSSR count). The molecule has 4 nitrogen and oxygen atoms in total. The van der Waals surface area contributed by atoms with Gasteiger partial charge in [-0.15, -0.1) is 0 Å². The number of hydrogen-bond acceptors (Lipinski definition) is 2. The zero-order valence-corrected chi connectivity index (χ0v) is 14.5. The third kappa shape index (κ3) is 8.38. The van der Waals surface area contributed by atoms with E-state index in [0.29, 0.717) is 12.0 Å². The van der Waals surface area contributed by atoms with Crippen molar-refractivity contribution in [2.24, 2.45) is 0 Å². The van der Waals surface area contributed by atoms with Gasteiger partial charge in [0.15, 0.2) is 0 Å². The van der Waals surface area contributed by atoms with Crippen LogP contribution in [0.4, 0.5) is 5.69 Å². The molecule has 0 aliphatic rings. The van der Waals surface area contributed by atoms with E-state index in [0.717, 1.165) is 37.9 Å². The molecule has 2 amide bonds. The Hall–Kier alpha value is -1.84. The van der Waals surface area contributed by atoms with Crippen LogP contribution in [0.25, 0.3) is 0 Å². The first-order valence-corrected chi connectivity index (χ1v) is 8.85. The minimum Gasteiger partial charge on any atom is -0.352 e. The van der Waals surface area contributed by atoms with Gasteiger partial charge >= 0.3 is 0 Å². The van der Waals surface area contributed by atoms with Gasteiger partial charge in [0.2, 0.25) is 5.91 Å². The Morgan fingerprint density at radius 2 is 1.52 bits per heavy atom. The summed E-state index contributed by atoms with van der Waals surface area (Å²) >= 11 is 0. The molecule has 0 fully saturated rings. The number of carbonyl (C=O) groups is 2. The molecule has 2 N–H and O–H groups in total. The maximum absolute atomic E-state index is 12.0. The average Bonchev–Trinajstić information content (AvgIpc) is 2.56. The molecule has 1 aromatic rings. The molecular formula is C19H30N2O2. The number of carbonyl (C=O) groups excluding carboxylic acids is 2. The monoisotopic (exact) mass is 318 g/mol. The van der Waals surface area contributed by atoms with Gasteiger partial charge in [-0.3, -0.25) is 9.59 Å². The summed E-state index contributed by atoms with van der Waals surface area (Å²) in [4.78, 5) is 23.7. The van der Waals surface area contributed by atoms with E-state index in [9.17, 15) is 9.59 Å². The number of unbranched alkanes of at least 4 members (excludes halogenated alkanes) is 5. The van der Waals surface area contributed by atoms with Crippen LogP contribution < -0.4 is 10.6 Å². The Balaban J connectivity index is 2.31. The van der Waals surface area contributed by atoms with Crippen molar-refractivity contribution in [3.05, 3.63) is 29.8 Å². The van der Waals surface area contributed by atoms with Gasteiger partial charge in [-0.2, -0.15) is 0 Å². The maximum atomic E-state index is 12.0. The number of rotatable bonds is 11. The van der Waals surface area contributed by atoms with E-state index in [2.05, 4.69) is 24.5 Å². The summed E-state index contributed by atoms with van der Waals surface area (Å²) in [6.07, 6.45) is 8.35. The molecule has 0 aromatic heterocycles. The predicted molar refractivity (Wildman–Crippen MR) is 95.7 cm³/mol. The van der Waals surface area contributed by atoms with Gasteiger partial charge in [-0.1, -0.05) is 46.0 Å². The lowest BCUT2D eigenvalue weighted by Crippen LogP contribution is -2.24. The average molecular weight is 318 g/mol. The van der Waals surface area contributed by atoms with E-state index in [1.54, 1.807) is 24.3 Å². The van der Waals surface area contributed by atoms with Crippen molar-refractivity contribution < 1.29 is 9.59 Å². The molecule has 23 heavy (non-hydrogen) atoms. The zero-order chi connectivity index (χ0) is 16.9. The number of benzene rings is 1. The second-order valence-electron chi connectivity index (χ2n) is 5.90. The van der Waals surface area contributed by atoms with Gasteiger partial charge in [0.1, 0.15) is 0 Å². The quantitative estimate of drug-likeness (QED) is 0.590. The van der Waals surface area contributed by atoms with E-state index in [4.69, 9.17) is 0 Å². The minimum atomic E-state index is -0.0515. The molecule has 0 heterocycles. The molecular weight excluding hydrogens is 288 g/mol. The Morgan fingerprint density at radius 3 is 2.17 bits per heavy atom. The smallest absolute Gasteiger partial charge is 0.251 e. The molecule has 0 aliphatic heterocycles. The molecule has 0 bridgehead atoms. The van der Waals surface area contributed by atoms with Crippen molar-refractivity contribution in [2.75, 3.05) is 11.9 Å². The van der Waals surface area contributed by atoms with Crippen LogP contribution in [0.2, 0.25) is 0 Å². The highest BCUT2D eigenvalue weighted by Gasteiger charge is 2.06. The van der Waals surface area contributed by atoms with Gasteiger partial charge in [-0.05, 0) is 37.1 Å². The van der Waals surface area contributed by atoms with Crippen LogP contribution >= 0.6 is 0 Å². The van der Waals surface area contributed by atoms with Crippen molar-refractivity contribution in [3.63, 3.8) is 0 Å². The highest BCUT2D eigenvalue weighted by atomic mass is 16.2. The summed E-state index contributed by atoms with van der Waals surface area (Å²) in [5.41, 5.74) is 1.37. The van der Waals surface area contributed by atoms with Crippen LogP contribution in [-0.4, -0.2) is 18.4 Å². The van der Waals surface area contributed by atoms with Crippen molar-refractivity contribution in [1.82, 2.24) is 5.32 Å². The van der Waals surface area contributed by atoms with Crippen LogP contribution in [0.3, 0.4) is 0 Å². The summed E-state index contributed by atoms with van der Waals surface area (Å²) < 4.78 is 0. The van der Waals surface area contributed by atoms with E-state index >= 15 is 0 Å². The Bertz CT molecular complexity index is 469. The minimum absolute atomic E-state index is 0.0242. The summed E-state index contributed by atoms with van der Waals surface area (Å²) in [7, 11) is 0.